The Morgan fingerprint density at radius 3 is 1.85 bits per heavy atom. The summed E-state index contributed by atoms with van der Waals surface area (Å²) in [5.74, 6) is -5.09. The highest BCUT2D eigenvalue weighted by atomic mass is 16.7. The van der Waals surface area contributed by atoms with Gasteiger partial charge in [0.05, 0.1) is 12.8 Å². The molecule has 4 amide bonds. The summed E-state index contributed by atoms with van der Waals surface area (Å²) in [6.45, 7) is 0.339. The fourth-order valence-corrected chi connectivity index (χ4v) is 3.97. The van der Waals surface area contributed by atoms with E-state index in [9.17, 15) is 33.6 Å². The fourth-order valence-electron chi connectivity index (χ4n) is 3.97. The quantitative estimate of drug-likeness (QED) is 0.0776. The lowest BCUT2D eigenvalue weighted by Crippen LogP contribution is -2.54. The first-order chi connectivity index (χ1) is 22.0. The molecule has 248 valence electrons. The van der Waals surface area contributed by atoms with E-state index < -0.39 is 67.3 Å². The fraction of sp³-hybridized carbons (Fsp3) is 0.406. The van der Waals surface area contributed by atoms with E-state index in [1.807, 2.05) is 42.5 Å². The van der Waals surface area contributed by atoms with Crippen molar-refractivity contribution in [2.75, 3.05) is 26.3 Å². The zero-order valence-corrected chi connectivity index (χ0v) is 25.9. The number of carbonyl (C=O) groups is 7. The van der Waals surface area contributed by atoms with Gasteiger partial charge in [-0.2, -0.15) is 5.48 Å². The van der Waals surface area contributed by atoms with Crippen LogP contribution in [-0.4, -0.2) is 73.9 Å². The van der Waals surface area contributed by atoms with Crippen molar-refractivity contribution in [1.82, 2.24) is 21.4 Å². The van der Waals surface area contributed by atoms with Gasteiger partial charge in [-0.05, 0) is 42.4 Å². The first-order valence-electron chi connectivity index (χ1n) is 14.7. The molecule has 2 aromatic carbocycles. The Balaban J connectivity index is 1.70. The van der Waals surface area contributed by atoms with Crippen LogP contribution in [0.4, 0.5) is 0 Å². The highest BCUT2D eigenvalue weighted by Crippen LogP contribution is 2.11. The maximum Gasteiger partial charge on any atom is 0.334 e. The molecule has 14 heteroatoms. The van der Waals surface area contributed by atoms with Gasteiger partial charge in [0.1, 0.15) is 6.04 Å². The normalized spacial score (nSPS) is 10.9. The van der Waals surface area contributed by atoms with Crippen LogP contribution in [-0.2, 0) is 67.1 Å². The highest BCUT2D eigenvalue weighted by molar-refractivity contribution is 5.90. The molecule has 0 heterocycles. The molecule has 0 aliphatic carbocycles. The number of hydrogen-bond donors (Lipinski definition) is 4. The van der Waals surface area contributed by atoms with Crippen LogP contribution in [0.3, 0.4) is 0 Å². The van der Waals surface area contributed by atoms with Crippen molar-refractivity contribution in [3.05, 3.63) is 71.3 Å². The molecule has 14 nitrogen and oxygen atoms in total. The Labute approximate surface area is 266 Å². The third kappa shape index (κ3) is 16.5. The monoisotopic (exact) mass is 640 g/mol. The predicted molar refractivity (Wildman–Crippen MR) is 163 cm³/mol. The van der Waals surface area contributed by atoms with Gasteiger partial charge in [-0.1, -0.05) is 54.6 Å². The van der Waals surface area contributed by atoms with Crippen molar-refractivity contribution in [3.63, 3.8) is 0 Å². The number of esters is 2. The maximum atomic E-state index is 12.6. The van der Waals surface area contributed by atoms with Crippen LogP contribution in [0, 0.1) is 0 Å². The molecule has 1 atom stereocenters. The van der Waals surface area contributed by atoms with Crippen molar-refractivity contribution >= 4 is 41.5 Å². The number of ether oxygens (including phenoxy) is 2. The molecule has 2 aromatic rings. The Morgan fingerprint density at radius 2 is 1.24 bits per heavy atom. The van der Waals surface area contributed by atoms with Crippen molar-refractivity contribution in [2.45, 2.75) is 58.4 Å². The van der Waals surface area contributed by atoms with Crippen LogP contribution < -0.4 is 21.4 Å². The molecule has 0 aliphatic heterocycles. The van der Waals surface area contributed by atoms with Crippen molar-refractivity contribution in [2.24, 2.45) is 0 Å². The summed E-state index contributed by atoms with van der Waals surface area (Å²) in [5.41, 5.74) is 5.32. The van der Waals surface area contributed by atoms with Crippen LogP contribution in [0.15, 0.2) is 54.6 Å². The average Bonchev–Trinajstić information content (AvgIpc) is 3.03. The van der Waals surface area contributed by atoms with Gasteiger partial charge < -0.3 is 30.3 Å². The van der Waals surface area contributed by atoms with Gasteiger partial charge >= 0.3 is 17.9 Å². The summed E-state index contributed by atoms with van der Waals surface area (Å²) in [5, 5.41) is 7.02. The molecule has 0 aromatic heterocycles. The first kappa shape index (κ1) is 36.9. The number of nitrogens with one attached hydrogen (secondary N) is 4. The molecule has 4 N–H and O–H groups in total. The van der Waals surface area contributed by atoms with Crippen LogP contribution >= 0.6 is 0 Å². The lowest BCUT2D eigenvalue weighted by atomic mass is 10.0. The minimum atomic E-state index is -1.32. The van der Waals surface area contributed by atoms with Gasteiger partial charge in [0.25, 0.3) is 17.7 Å². The second kappa shape index (κ2) is 20.6. The molecule has 2 rings (SSSR count). The zero-order chi connectivity index (χ0) is 33.7. The molecule has 0 radical (unpaired) electrons. The molecule has 0 saturated heterocycles. The van der Waals surface area contributed by atoms with Gasteiger partial charge in [0, 0.05) is 26.9 Å². The number of hydroxylamine groups is 1. The second-order valence-corrected chi connectivity index (χ2v) is 10.2. The zero-order valence-electron chi connectivity index (χ0n) is 25.9. The van der Waals surface area contributed by atoms with Gasteiger partial charge in [0.2, 0.25) is 5.91 Å². The van der Waals surface area contributed by atoms with Gasteiger partial charge in [-0.15, -0.1) is 0 Å². The van der Waals surface area contributed by atoms with Crippen molar-refractivity contribution in [3.8, 4) is 0 Å². The molecule has 0 bridgehead atoms. The Morgan fingerprint density at radius 1 is 0.674 bits per heavy atom. The average molecular weight is 641 g/mol. The van der Waals surface area contributed by atoms with Crippen LogP contribution in [0.5, 0.6) is 0 Å². The lowest BCUT2D eigenvalue weighted by molar-refractivity contribution is -0.158. The van der Waals surface area contributed by atoms with E-state index in [0.717, 1.165) is 45.1 Å². The largest absolute Gasteiger partial charge is 0.456 e. The SMILES string of the molecule is CC(=O)OCC(=O)NC[C@H](NC(=O)COC(C)=O)C(=O)NCCC(=O)ONC(=O)Cc1ccc(CCCCc2ccccc2)cc1. The lowest BCUT2D eigenvalue weighted by Gasteiger charge is -2.19. The molecule has 46 heavy (non-hydrogen) atoms. The summed E-state index contributed by atoms with van der Waals surface area (Å²) in [6, 6.07) is 16.6. The first-order valence-corrected chi connectivity index (χ1v) is 14.7. The summed E-state index contributed by atoms with van der Waals surface area (Å²) >= 11 is 0. The van der Waals surface area contributed by atoms with E-state index >= 15 is 0 Å². The van der Waals surface area contributed by atoms with Crippen LogP contribution in [0.25, 0.3) is 0 Å². The number of unbranched alkanes of at least 4 members (excludes halogenated alkanes) is 1. The molecule has 0 fully saturated rings. The number of benzene rings is 2. The van der Waals surface area contributed by atoms with Gasteiger partial charge in [-0.3, -0.25) is 28.8 Å². The van der Waals surface area contributed by atoms with Gasteiger partial charge in [-0.25, -0.2) is 4.79 Å². The summed E-state index contributed by atoms with van der Waals surface area (Å²) in [4.78, 5) is 87.4. The number of amides is 4. The Bertz CT molecular complexity index is 1330. The molecule has 0 aliphatic rings. The summed E-state index contributed by atoms with van der Waals surface area (Å²) in [7, 11) is 0. The number of aryl methyl sites for hydroxylation is 2. The van der Waals surface area contributed by atoms with E-state index in [0.29, 0.717) is 0 Å². The Hall–Kier alpha value is -5.27. The standard InChI is InChI=1S/C32H40N4O10/c1-22(37)44-20-29(40)34-19-27(35-30(41)21-45-23(2)38)32(43)33-17-16-31(42)46-36-28(39)18-26-14-12-25(13-15-26)11-7-6-10-24-8-4-3-5-9-24/h3-5,8-9,12-15,27H,6-7,10-11,16-21H2,1-2H3,(H,33,43)(H,34,40)(H,35,41)(H,36,39)/t27-/m0/s1. The van der Waals surface area contributed by atoms with E-state index in [1.54, 1.807) is 0 Å². The second-order valence-electron chi connectivity index (χ2n) is 10.2. The van der Waals surface area contributed by atoms with Crippen LogP contribution in [0.2, 0.25) is 0 Å². The topological polar surface area (TPSA) is 195 Å². The number of carbonyl (C=O) groups excluding carboxylic acids is 7. The molecular formula is C32H40N4O10. The third-order valence-corrected chi connectivity index (χ3v) is 6.29. The molecule has 0 unspecified atom stereocenters. The minimum absolute atomic E-state index is 0.00377. The maximum absolute atomic E-state index is 12.6. The van der Waals surface area contributed by atoms with Gasteiger partial charge in [0.15, 0.2) is 13.2 Å². The Kier molecular flexibility index (Phi) is 16.6. The molecular weight excluding hydrogens is 600 g/mol. The number of hydrogen-bond acceptors (Lipinski definition) is 10. The van der Waals surface area contributed by atoms with E-state index in [1.165, 1.54) is 11.1 Å². The third-order valence-electron chi connectivity index (χ3n) is 6.29. The van der Waals surface area contributed by atoms with E-state index in [-0.39, 0.29) is 19.4 Å². The number of rotatable bonds is 18. The molecule has 0 saturated carbocycles. The van der Waals surface area contributed by atoms with Crippen molar-refractivity contribution < 1.29 is 47.9 Å². The van der Waals surface area contributed by atoms with E-state index in [2.05, 4.69) is 43.0 Å². The van der Waals surface area contributed by atoms with Crippen LogP contribution in [0.1, 0.15) is 49.8 Å². The van der Waals surface area contributed by atoms with Crippen molar-refractivity contribution in [1.29, 1.82) is 0 Å². The highest BCUT2D eigenvalue weighted by Gasteiger charge is 2.22. The molecule has 0 spiro atoms. The summed E-state index contributed by atoms with van der Waals surface area (Å²) < 4.78 is 9.15. The predicted octanol–water partition coefficient (Wildman–Crippen LogP) is 0.602. The van der Waals surface area contributed by atoms with E-state index in [4.69, 9.17) is 4.84 Å². The summed E-state index contributed by atoms with van der Waals surface area (Å²) in [6.07, 6.45) is 3.76. The smallest absolute Gasteiger partial charge is 0.334 e. The minimum Gasteiger partial charge on any atom is -0.456 e.